The Kier molecular flexibility index (Phi) is 9.02. The number of anilines is 1. The average molecular weight is 439 g/mol. The highest BCUT2D eigenvalue weighted by molar-refractivity contribution is 7.77. The molecule has 3 N–H and O–H groups in total. The molecular weight excluding hydrogens is 412 g/mol. The van der Waals surface area contributed by atoms with Crippen molar-refractivity contribution in [3.8, 4) is 0 Å². The molecule has 3 unspecified atom stereocenters. The van der Waals surface area contributed by atoms with E-state index in [1.165, 1.54) is 30.8 Å². The van der Waals surface area contributed by atoms with Crippen molar-refractivity contribution in [3.63, 3.8) is 0 Å². The minimum atomic E-state index is -1.75. The van der Waals surface area contributed by atoms with Crippen LogP contribution in [0.2, 0.25) is 0 Å². The lowest BCUT2D eigenvalue weighted by molar-refractivity contribution is 0.101. The summed E-state index contributed by atoms with van der Waals surface area (Å²) in [6.07, 6.45) is 5.48. The summed E-state index contributed by atoms with van der Waals surface area (Å²) in [6.45, 7) is 5.81. The first-order valence-electron chi connectivity index (χ1n) is 9.44. The Morgan fingerprint density at radius 2 is 2.14 bits per heavy atom. The lowest BCUT2D eigenvalue weighted by atomic mass is 10.1. The molecule has 158 valence electrons. The minimum Gasteiger partial charge on any atom is -0.367 e. The zero-order chi connectivity index (χ0) is 21.4. The van der Waals surface area contributed by atoms with Gasteiger partial charge in [-0.2, -0.15) is 0 Å². The molecule has 0 radical (unpaired) electrons. The molecule has 2 aromatic rings. The quantitative estimate of drug-likeness (QED) is 0.607. The van der Waals surface area contributed by atoms with E-state index >= 15 is 0 Å². The third-order valence-electron chi connectivity index (χ3n) is 4.49. The van der Waals surface area contributed by atoms with Crippen LogP contribution in [-0.4, -0.2) is 38.4 Å². The summed E-state index contributed by atoms with van der Waals surface area (Å²) in [6, 6.07) is 1.73. The number of thiophene rings is 1. The van der Waals surface area contributed by atoms with Crippen LogP contribution in [0.25, 0.3) is 0 Å². The summed E-state index contributed by atoms with van der Waals surface area (Å²) in [5.41, 5.74) is 0.892. The summed E-state index contributed by atoms with van der Waals surface area (Å²) in [7, 11) is 0. The van der Waals surface area contributed by atoms with Gasteiger partial charge in [-0.3, -0.25) is 13.8 Å². The van der Waals surface area contributed by atoms with Crippen LogP contribution in [0.4, 0.5) is 5.82 Å². The fourth-order valence-corrected chi connectivity index (χ4v) is 4.32. The third kappa shape index (κ3) is 6.49. The van der Waals surface area contributed by atoms with Gasteiger partial charge in [0.25, 0.3) is 0 Å². The molecule has 1 aliphatic rings. The van der Waals surface area contributed by atoms with E-state index in [1.807, 2.05) is 13.8 Å². The largest absolute Gasteiger partial charge is 0.367 e. The van der Waals surface area contributed by atoms with Crippen molar-refractivity contribution in [3.05, 3.63) is 40.0 Å². The highest BCUT2D eigenvalue weighted by Gasteiger charge is 2.27. The van der Waals surface area contributed by atoms with Gasteiger partial charge in [-0.15, -0.1) is 11.3 Å². The van der Waals surface area contributed by atoms with Crippen LogP contribution in [0.15, 0.2) is 24.0 Å². The number of carbonyl (C=O) groups excluding carboxylic acids is 2. The molecule has 3 atom stereocenters. The van der Waals surface area contributed by atoms with Crippen LogP contribution in [0.3, 0.4) is 0 Å². The molecule has 0 amide bonds. The molecule has 1 saturated carbocycles. The summed E-state index contributed by atoms with van der Waals surface area (Å²) < 4.78 is 15.8. The summed E-state index contributed by atoms with van der Waals surface area (Å²) in [4.78, 5) is 33.0. The average Bonchev–Trinajstić information content (AvgIpc) is 3.38. The fourth-order valence-electron chi connectivity index (χ4n) is 3.10. The van der Waals surface area contributed by atoms with E-state index in [-0.39, 0.29) is 23.5 Å². The number of nitrogens with zero attached hydrogens (tertiary/aromatic N) is 2. The fraction of sp³-hybridized carbons (Fsp3) is 0.474. The van der Waals surface area contributed by atoms with Crippen molar-refractivity contribution < 1.29 is 18.0 Å². The van der Waals surface area contributed by atoms with E-state index in [2.05, 4.69) is 15.3 Å². The van der Waals surface area contributed by atoms with Crippen molar-refractivity contribution in [1.29, 1.82) is 0 Å². The molecule has 8 nitrogen and oxygen atoms in total. The number of hydrogen-bond acceptors (Lipinski definition) is 8. The van der Waals surface area contributed by atoms with Gasteiger partial charge >= 0.3 is 0 Å². The van der Waals surface area contributed by atoms with Crippen molar-refractivity contribution >= 4 is 40.0 Å². The molecule has 0 saturated heterocycles. The second kappa shape index (κ2) is 11.2. The maximum absolute atomic E-state index is 12.8. The maximum Gasteiger partial charge on any atom is 0.231 e. The van der Waals surface area contributed by atoms with Crippen LogP contribution in [0.1, 0.15) is 65.6 Å². The van der Waals surface area contributed by atoms with Gasteiger partial charge in [-0.1, -0.05) is 13.8 Å². The predicted molar refractivity (Wildman–Crippen MR) is 114 cm³/mol. The number of aromatic nitrogens is 2. The molecule has 1 aliphatic carbocycles. The highest BCUT2D eigenvalue weighted by atomic mass is 32.2. The Hall–Kier alpha value is -2.01. The van der Waals surface area contributed by atoms with E-state index in [1.54, 1.807) is 11.4 Å². The molecule has 1 fully saturated rings. The maximum atomic E-state index is 12.8. The van der Waals surface area contributed by atoms with Gasteiger partial charge in [0.05, 0.1) is 17.0 Å². The molecule has 29 heavy (non-hydrogen) atoms. The number of rotatable bonds is 8. The van der Waals surface area contributed by atoms with Gasteiger partial charge in [-0.25, -0.2) is 19.3 Å². The van der Waals surface area contributed by atoms with Crippen molar-refractivity contribution in [2.45, 2.75) is 46.1 Å². The standard InChI is InChI=1S/C17H20N4O4S2.C2H6/c1-10(22)12-5-15(26-8-12)16(23)14-6-19-9-20-17(14)21-13-3-2-11(4-13)7-25-27(18)24;1-2/h5-6,8-9,11,13H,2-4,7,18H2,1H3,(H,19,20,21);1-2H3. The summed E-state index contributed by atoms with van der Waals surface area (Å²) in [5.74, 6) is 0.436. The van der Waals surface area contributed by atoms with Crippen molar-refractivity contribution in [2.24, 2.45) is 11.1 Å². The Morgan fingerprint density at radius 1 is 1.38 bits per heavy atom. The monoisotopic (exact) mass is 438 g/mol. The van der Waals surface area contributed by atoms with Gasteiger partial charge in [0.1, 0.15) is 12.1 Å². The lowest BCUT2D eigenvalue weighted by Gasteiger charge is -2.15. The topological polar surface area (TPSA) is 124 Å². The zero-order valence-electron chi connectivity index (χ0n) is 16.7. The highest BCUT2D eigenvalue weighted by Crippen LogP contribution is 2.29. The summed E-state index contributed by atoms with van der Waals surface area (Å²) >= 11 is -0.521. The minimum absolute atomic E-state index is 0.0782. The van der Waals surface area contributed by atoms with E-state index in [0.717, 1.165) is 19.3 Å². The normalized spacial score (nSPS) is 19.2. The molecule has 0 bridgehead atoms. The number of hydrogen-bond donors (Lipinski definition) is 2. The smallest absolute Gasteiger partial charge is 0.231 e. The molecule has 0 aliphatic heterocycles. The van der Waals surface area contributed by atoms with Gasteiger partial charge < -0.3 is 5.32 Å². The number of carbonyl (C=O) groups is 2. The Labute approximate surface area is 177 Å². The Bertz CT molecular complexity index is 871. The van der Waals surface area contributed by atoms with Gasteiger partial charge in [-0.05, 0) is 38.2 Å². The number of Topliss-reactive ketones (excluding diaryl/α,β-unsaturated/α-hetero) is 1. The first-order valence-corrected chi connectivity index (χ1v) is 11.5. The van der Waals surface area contributed by atoms with Crippen LogP contribution >= 0.6 is 11.3 Å². The molecule has 0 spiro atoms. The Morgan fingerprint density at radius 3 is 2.79 bits per heavy atom. The van der Waals surface area contributed by atoms with Crippen LogP contribution in [0, 0.1) is 5.92 Å². The SMILES string of the molecule is CC.CC(=O)c1csc(C(=O)c2cncnc2NC2CCC(COS(N)=O)C2)c1. The Balaban J connectivity index is 0.00000145. The van der Waals surface area contributed by atoms with Crippen molar-refractivity contribution in [2.75, 3.05) is 11.9 Å². The van der Waals surface area contributed by atoms with Crippen LogP contribution in [-0.2, 0) is 15.4 Å². The molecule has 2 heterocycles. The summed E-state index contributed by atoms with van der Waals surface area (Å²) in [5, 5.41) is 10.1. The third-order valence-corrected chi connectivity index (χ3v) is 5.79. The first-order chi connectivity index (χ1) is 13.9. The number of nitrogens with two attached hydrogens (primary N) is 1. The van der Waals surface area contributed by atoms with Crippen LogP contribution < -0.4 is 10.5 Å². The molecule has 0 aromatic carbocycles. The van der Waals surface area contributed by atoms with Gasteiger partial charge in [0, 0.05) is 23.2 Å². The first kappa shape index (κ1) is 23.3. The molecule has 2 aromatic heterocycles. The lowest BCUT2D eigenvalue weighted by Crippen LogP contribution is -2.20. The van der Waals surface area contributed by atoms with Crippen molar-refractivity contribution in [1.82, 2.24) is 9.97 Å². The molecular formula is C19H26N4O4S2. The van der Waals surface area contributed by atoms with E-state index < -0.39 is 11.3 Å². The number of nitrogens with one attached hydrogen (secondary N) is 1. The predicted octanol–water partition coefficient (Wildman–Crippen LogP) is 3.13. The van der Waals surface area contributed by atoms with E-state index in [0.29, 0.717) is 28.4 Å². The molecule has 10 heteroatoms. The zero-order valence-corrected chi connectivity index (χ0v) is 18.3. The van der Waals surface area contributed by atoms with Gasteiger partial charge in [0.2, 0.25) is 17.0 Å². The van der Waals surface area contributed by atoms with Crippen LogP contribution in [0.5, 0.6) is 0 Å². The number of ketones is 2. The second-order valence-corrected chi connectivity index (χ2v) is 8.10. The van der Waals surface area contributed by atoms with E-state index in [4.69, 9.17) is 9.32 Å². The molecule has 3 rings (SSSR count). The van der Waals surface area contributed by atoms with Gasteiger partial charge in [0.15, 0.2) is 5.78 Å². The van der Waals surface area contributed by atoms with E-state index in [9.17, 15) is 13.8 Å². The second-order valence-electron chi connectivity index (χ2n) is 6.44.